The van der Waals surface area contributed by atoms with E-state index in [2.05, 4.69) is 25.1 Å². The fourth-order valence-electron chi connectivity index (χ4n) is 3.90. The lowest BCUT2D eigenvalue weighted by molar-refractivity contribution is -0.137. The Morgan fingerprint density at radius 3 is 2.72 bits per heavy atom. The molecule has 0 saturated carbocycles. The van der Waals surface area contributed by atoms with Gasteiger partial charge in [0.05, 0.1) is 33.9 Å². The van der Waals surface area contributed by atoms with Crippen LogP contribution in [0.15, 0.2) is 64.5 Å². The molecule has 0 aliphatic carbocycles. The fourth-order valence-corrected chi connectivity index (χ4v) is 3.90. The standard InChI is InChI=1S/C25H17F4N5O2/c1-13(7-22(35)20-10-19(31-12-32-20)16-3-2-6-30-24(16)26)18-11-23(36-34-18)21-9-14-8-15(25(27,28)29)4-5-17(14)33-21/h2-6,8,10-13H,7,9H2,1H3/t13-/m0/s1. The second kappa shape index (κ2) is 9.06. The van der Waals surface area contributed by atoms with E-state index in [0.29, 0.717) is 28.4 Å². The number of alkyl halides is 3. The summed E-state index contributed by atoms with van der Waals surface area (Å²) in [5.41, 5.74) is 1.62. The van der Waals surface area contributed by atoms with Gasteiger partial charge in [-0.15, -0.1) is 0 Å². The Labute approximate surface area is 201 Å². The highest BCUT2D eigenvalue weighted by atomic mass is 19.4. The molecule has 7 nitrogen and oxygen atoms in total. The van der Waals surface area contributed by atoms with Crippen LogP contribution in [0.25, 0.3) is 11.3 Å². The number of hydrogen-bond acceptors (Lipinski definition) is 7. The van der Waals surface area contributed by atoms with Crippen molar-refractivity contribution in [3.63, 3.8) is 0 Å². The molecular formula is C25H17F4N5O2. The highest BCUT2D eigenvalue weighted by molar-refractivity contribution is 6.04. The number of pyridine rings is 1. The van der Waals surface area contributed by atoms with Crippen molar-refractivity contribution in [1.82, 2.24) is 20.1 Å². The Balaban J connectivity index is 1.28. The maximum atomic E-state index is 14.0. The van der Waals surface area contributed by atoms with Crippen molar-refractivity contribution in [2.45, 2.75) is 31.9 Å². The van der Waals surface area contributed by atoms with Crippen LogP contribution in [-0.4, -0.2) is 31.6 Å². The normalized spacial score (nSPS) is 13.9. The third-order valence-electron chi connectivity index (χ3n) is 5.82. The molecule has 1 aliphatic heterocycles. The zero-order valence-corrected chi connectivity index (χ0v) is 18.8. The van der Waals surface area contributed by atoms with Gasteiger partial charge in [-0.2, -0.15) is 17.6 Å². The number of nitrogens with zero attached hydrogens (tertiary/aromatic N) is 5. The van der Waals surface area contributed by atoms with Gasteiger partial charge in [0.2, 0.25) is 5.95 Å². The second-order valence-electron chi connectivity index (χ2n) is 8.35. The third kappa shape index (κ3) is 4.64. The minimum Gasteiger partial charge on any atom is -0.355 e. The Bertz CT molecular complexity index is 1500. The molecule has 4 heterocycles. The van der Waals surface area contributed by atoms with Crippen molar-refractivity contribution in [2.75, 3.05) is 0 Å². The van der Waals surface area contributed by atoms with Gasteiger partial charge in [0.15, 0.2) is 11.5 Å². The number of hydrogen-bond donors (Lipinski definition) is 0. The Hall–Kier alpha value is -4.28. The molecule has 0 spiro atoms. The van der Waals surface area contributed by atoms with Gasteiger partial charge in [-0.3, -0.25) is 4.79 Å². The molecular weight excluding hydrogens is 478 g/mol. The number of benzene rings is 1. The fraction of sp³-hybridized carbons (Fsp3) is 0.200. The molecule has 5 rings (SSSR count). The van der Waals surface area contributed by atoms with E-state index in [9.17, 15) is 22.4 Å². The summed E-state index contributed by atoms with van der Waals surface area (Å²) in [7, 11) is 0. The van der Waals surface area contributed by atoms with Crippen molar-refractivity contribution >= 4 is 17.2 Å². The number of carbonyl (C=O) groups excluding carboxylic acids is 1. The summed E-state index contributed by atoms with van der Waals surface area (Å²) in [6, 6.07) is 9.51. The summed E-state index contributed by atoms with van der Waals surface area (Å²) >= 11 is 0. The molecule has 4 aromatic rings. The first-order valence-electron chi connectivity index (χ1n) is 10.9. The number of halogens is 4. The molecule has 36 heavy (non-hydrogen) atoms. The second-order valence-corrected chi connectivity index (χ2v) is 8.35. The largest absolute Gasteiger partial charge is 0.416 e. The van der Waals surface area contributed by atoms with Crippen molar-refractivity contribution in [3.05, 3.63) is 89.2 Å². The van der Waals surface area contributed by atoms with E-state index in [0.717, 1.165) is 12.1 Å². The van der Waals surface area contributed by atoms with E-state index in [-0.39, 0.29) is 41.5 Å². The molecule has 1 aromatic carbocycles. The van der Waals surface area contributed by atoms with Crippen LogP contribution < -0.4 is 0 Å². The lowest BCUT2D eigenvalue weighted by Gasteiger charge is -2.07. The lowest BCUT2D eigenvalue weighted by atomic mass is 9.98. The van der Waals surface area contributed by atoms with Gasteiger partial charge >= 0.3 is 6.18 Å². The lowest BCUT2D eigenvalue weighted by Crippen LogP contribution is -2.08. The molecule has 0 radical (unpaired) electrons. The summed E-state index contributed by atoms with van der Waals surface area (Å²) in [5, 5.41) is 4.03. The van der Waals surface area contributed by atoms with Gasteiger partial charge in [-0.05, 0) is 42.0 Å². The van der Waals surface area contributed by atoms with Crippen LogP contribution in [0.1, 0.15) is 52.3 Å². The predicted octanol–water partition coefficient (Wildman–Crippen LogP) is 5.74. The topological polar surface area (TPSA) is 94.1 Å². The van der Waals surface area contributed by atoms with Crippen LogP contribution in [0.5, 0.6) is 0 Å². The van der Waals surface area contributed by atoms with E-state index in [1.54, 1.807) is 19.1 Å². The maximum absolute atomic E-state index is 14.0. The minimum absolute atomic E-state index is 0.0413. The van der Waals surface area contributed by atoms with Gasteiger partial charge in [0, 0.05) is 31.0 Å². The van der Waals surface area contributed by atoms with Gasteiger partial charge in [-0.25, -0.2) is 19.9 Å². The van der Waals surface area contributed by atoms with Gasteiger partial charge in [0.1, 0.15) is 12.0 Å². The molecule has 0 unspecified atom stereocenters. The van der Waals surface area contributed by atoms with Crippen LogP contribution in [0, 0.1) is 5.95 Å². The van der Waals surface area contributed by atoms with E-state index < -0.39 is 17.7 Å². The zero-order chi connectivity index (χ0) is 25.4. The minimum atomic E-state index is -4.43. The molecule has 1 aliphatic rings. The van der Waals surface area contributed by atoms with Crippen molar-refractivity contribution in [2.24, 2.45) is 4.99 Å². The summed E-state index contributed by atoms with van der Waals surface area (Å²) in [6.45, 7) is 1.78. The van der Waals surface area contributed by atoms with Crippen LogP contribution in [-0.2, 0) is 12.6 Å². The first-order chi connectivity index (χ1) is 17.2. The number of Topliss-reactive ketones (excluding diaryl/α,β-unsaturated/α-hetero) is 1. The predicted molar refractivity (Wildman–Crippen MR) is 120 cm³/mol. The Kier molecular flexibility index (Phi) is 5.91. The average molecular weight is 495 g/mol. The molecule has 0 amide bonds. The van der Waals surface area contributed by atoms with E-state index in [1.165, 1.54) is 30.7 Å². The molecule has 0 bridgehead atoms. The van der Waals surface area contributed by atoms with Crippen LogP contribution in [0.4, 0.5) is 23.2 Å². The van der Waals surface area contributed by atoms with Crippen molar-refractivity contribution in [1.29, 1.82) is 0 Å². The van der Waals surface area contributed by atoms with Crippen LogP contribution in [0.3, 0.4) is 0 Å². The van der Waals surface area contributed by atoms with E-state index in [1.807, 2.05) is 0 Å². The molecule has 0 fully saturated rings. The van der Waals surface area contributed by atoms with Crippen molar-refractivity contribution < 1.29 is 26.9 Å². The van der Waals surface area contributed by atoms with Gasteiger partial charge in [-0.1, -0.05) is 12.1 Å². The SMILES string of the molecule is C[C@@H](CC(=O)c1cc(-c2cccnc2F)ncn1)c1cc(C2=Nc3ccc(C(F)(F)F)cc3C2)on1. The molecule has 11 heteroatoms. The monoisotopic (exact) mass is 495 g/mol. The number of carbonyl (C=O) groups is 1. The van der Waals surface area contributed by atoms with Crippen LogP contribution in [0.2, 0.25) is 0 Å². The molecule has 182 valence electrons. The number of rotatable bonds is 6. The highest BCUT2D eigenvalue weighted by Gasteiger charge is 2.32. The van der Waals surface area contributed by atoms with E-state index in [4.69, 9.17) is 4.52 Å². The maximum Gasteiger partial charge on any atom is 0.416 e. The molecule has 3 aromatic heterocycles. The zero-order valence-electron chi connectivity index (χ0n) is 18.8. The number of ketones is 1. The Morgan fingerprint density at radius 1 is 1.11 bits per heavy atom. The first kappa shape index (κ1) is 23.5. The molecule has 0 N–H and O–H groups in total. The van der Waals surface area contributed by atoms with Gasteiger partial charge < -0.3 is 4.52 Å². The average Bonchev–Trinajstić information content (AvgIpc) is 3.51. The van der Waals surface area contributed by atoms with Crippen LogP contribution >= 0.6 is 0 Å². The molecule has 0 saturated heterocycles. The summed E-state index contributed by atoms with van der Waals surface area (Å²) in [6.07, 6.45) is -1.71. The quantitative estimate of drug-likeness (QED) is 0.192. The number of aliphatic imine (C=N–C) groups is 1. The smallest absolute Gasteiger partial charge is 0.355 e. The number of aromatic nitrogens is 4. The number of fused-ring (bicyclic) bond motifs is 1. The van der Waals surface area contributed by atoms with Crippen molar-refractivity contribution in [3.8, 4) is 11.3 Å². The Morgan fingerprint density at radius 2 is 1.94 bits per heavy atom. The first-order valence-corrected chi connectivity index (χ1v) is 10.9. The summed E-state index contributed by atoms with van der Waals surface area (Å²) in [5.74, 6) is -1.04. The van der Waals surface area contributed by atoms with Gasteiger partial charge in [0.25, 0.3) is 0 Å². The highest BCUT2D eigenvalue weighted by Crippen LogP contribution is 2.36. The third-order valence-corrected chi connectivity index (χ3v) is 5.82. The summed E-state index contributed by atoms with van der Waals surface area (Å²) < 4.78 is 58.4. The molecule has 1 atom stereocenters. The summed E-state index contributed by atoms with van der Waals surface area (Å²) in [4.78, 5) is 28.8. The van der Waals surface area contributed by atoms with E-state index >= 15 is 0 Å².